The molecule has 3 aromatic rings. The molecule has 0 saturated carbocycles. The summed E-state index contributed by atoms with van der Waals surface area (Å²) < 4.78 is 15.1. The first-order valence-electron chi connectivity index (χ1n) is 12.1. The molecule has 0 spiro atoms. The van der Waals surface area contributed by atoms with Gasteiger partial charge >= 0.3 is 0 Å². The van der Waals surface area contributed by atoms with Gasteiger partial charge < -0.3 is 15.3 Å². The molecule has 1 unspecified atom stereocenters. The number of nitrogens with zero attached hydrogens (tertiary/aromatic N) is 3. The summed E-state index contributed by atoms with van der Waals surface area (Å²) in [6.45, 7) is 7.46. The molecule has 0 bridgehead atoms. The van der Waals surface area contributed by atoms with Gasteiger partial charge in [0.15, 0.2) is 5.69 Å². The first kappa shape index (κ1) is 24.9. The van der Waals surface area contributed by atoms with Gasteiger partial charge in [-0.1, -0.05) is 51.1 Å². The molecule has 2 heterocycles. The topological polar surface area (TPSA) is 87.5 Å². The van der Waals surface area contributed by atoms with Gasteiger partial charge in [0, 0.05) is 25.1 Å². The van der Waals surface area contributed by atoms with E-state index in [1.54, 1.807) is 21.7 Å². The third kappa shape index (κ3) is 5.53. The highest BCUT2D eigenvalue weighted by atomic mass is 19.1. The Balaban J connectivity index is 1.58. The molecule has 1 saturated heterocycles. The van der Waals surface area contributed by atoms with E-state index in [1.165, 1.54) is 12.1 Å². The zero-order chi connectivity index (χ0) is 25.2. The maximum Gasteiger partial charge on any atom is 0.273 e. The Morgan fingerprint density at radius 3 is 2.40 bits per heavy atom. The number of hydrogen-bond acceptors (Lipinski definition) is 4. The number of piperidine rings is 1. The highest BCUT2D eigenvalue weighted by Crippen LogP contribution is 2.26. The fraction of sp³-hybridized carbons (Fsp3) is 0.444. The van der Waals surface area contributed by atoms with Gasteiger partial charge in [0.05, 0.1) is 12.1 Å². The van der Waals surface area contributed by atoms with Crippen LogP contribution in [0.5, 0.6) is 0 Å². The molecule has 0 aliphatic carbocycles. The van der Waals surface area contributed by atoms with Gasteiger partial charge in [-0.3, -0.25) is 14.3 Å². The molecule has 2 N–H and O–H groups in total. The number of carbonyl (C=O) groups is 2. The second kappa shape index (κ2) is 10.2. The van der Waals surface area contributed by atoms with E-state index >= 15 is 0 Å². The predicted molar refractivity (Wildman–Crippen MR) is 132 cm³/mol. The summed E-state index contributed by atoms with van der Waals surface area (Å²) >= 11 is 0. The fourth-order valence-corrected chi connectivity index (χ4v) is 4.55. The number of fused-ring (bicyclic) bond motifs is 1. The molecule has 4 rings (SSSR count). The van der Waals surface area contributed by atoms with Crippen molar-refractivity contribution in [1.29, 1.82) is 0 Å². The third-order valence-electron chi connectivity index (χ3n) is 6.69. The number of benzene rings is 2. The summed E-state index contributed by atoms with van der Waals surface area (Å²) in [6.07, 6.45) is 1.51. The average molecular weight is 481 g/mol. The molecule has 35 heavy (non-hydrogen) atoms. The number of likely N-dealkylation sites (tertiary alicyclic amines) is 1. The molecule has 1 atom stereocenters. The van der Waals surface area contributed by atoms with Crippen molar-refractivity contribution < 1.29 is 19.1 Å². The standard InChI is InChI=1S/C27H33FN4O3/c1-27(2,3)24(26(35)31-14-12-19(17-33)13-15-31)29-25(34)23-21-6-4-5-7-22(21)32(30-23)16-18-8-10-20(28)11-9-18/h4-11,19,24,33H,12-17H2,1-3H3,(H,29,34). The molecule has 7 nitrogen and oxygen atoms in total. The molecule has 186 valence electrons. The smallest absolute Gasteiger partial charge is 0.273 e. The van der Waals surface area contributed by atoms with Crippen molar-refractivity contribution in [2.75, 3.05) is 19.7 Å². The first-order valence-corrected chi connectivity index (χ1v) is 12.1. The lowest BCUT2D eigenvalue weighted by Gasteiger charge is -2.38. The van der Waals surface area contributed by atoms with Crippen LogP contribution in [0.15, 0.2) is 48.5 Å². The minimum absolute atomic E-state index is 0.114. The zero-order valence-electron chi connectivity index (χ0n) is 20.5. The van der Waals surface area contributed by atoms with Crippen molar-refractivity contribution in [3.05, 3.63) is 65.6 Å². The predicted octanol–water partition coefficient (Wildman–Crippen LogP) is 3.60. The Morgan fingerprint density at radius 1 is 1.11 bits per heavy atom. The van der Waals surface area contributed by atoms with Gasteiger partial charge in [-0.15, -0.1) is 0 Å². The van der Waals surface area contributed by atoms with Crippen LogP contribution >= 0.6 is 0 Å². The SMILES string of the molecule is CC(C)(C)C(NC(=O)c1nn(Cc2ccc(F)cc2)c2ccccc12)C(=O)N1CCC(CO)CC1. The van der Waals surface area contributed by atoms with Crippen molar-refractivity contribution >= 4 is 22.7 Å². The van der Waals surface area contributed by atoms with E-state index in [0.717, 1.165) is 23.9 Å². The highest BCUT2D eigenvalue weighted by Gasteiger charge is 2.37. The quantitative estimate of drug-likeness (QED) is 0.564. The Hall–Kier alpha value is -3.26. The van der Waals surface area contributed by atoms with E-state index < -0.39 is 17.4 Å². The molecule has 0 radical (unpaired) electrons. The molecule has 1 aromatic heterocycles. The minimum Gasteiger partial charge on any atom is -0.396 e. The lowest BCUT2D eigenvalue weighted by atomic mass is 9.85. The Morgan fingerprint density at radius 2 is 1.77 bits per heavy atom. The molecule has 1 aliphatic heterocycles. The van der Waals surface area contributed by atoms with Crippen LogP contribution < -0.4 is 5.32 Å². The van der Waals surface area contributed by atoms with Crippen LogP contribution in [0.2, 0.25) is 0 Å². The van der Waals surface area contributed by atoms with Gasteiger partial charge in [0.1, 0.15) is 11.9 Å². The van der Waals surface area contributed by atoms with Crippen molar-refractivity contribution in [3.8, 4) is 0 Å². The summed E-state index contributed by atoms with van der Waals surface area (Å²) in [4.78, 5) is 28.7. The lowest BCUT2D eigenvalue weighted by molar-refractivity contribution is -0.137. The number of rotatable bonds is 6. The number of nitrogens with one attached hydrogen (secondary N) is 1. The van der Waals surface area contributed by atoms with Crippen LogP contribution in [0.4, 0.5) is 4.39 Å². The first-order chi connectivity index (χ1) is 16.7. The van der Waals surface area contributed by atoms with E-state index in [4.69, 9.17) is 0 Å². The van der Waals surface area contributed by atoms with Crippen LogP contribution in [0, 0.1) is 17.2 Å². The number of aromatic nitrogens is 2. The maximum absolute atomic E-state index is 13.5. The molecule has 2 amide bonds. The van der Waals surface area contributed by atoms with E-state index in [1.807, 2.05) is 45.0 Å². The summed E-state index contributed by atoms with van der Waals surface area (Å²) in [7, 11) is 0. The summed E-state index contributed by atoms with van der Waals surface area (Å²) in [5.41, 5.74) is 1.39. The number of carbonyl (C=O) groups excluding carboxylic acids is 2. The second-order valence-electron chi connectivity index (χ2n) is 10.4. The van der Waals surface area contributed by atoms with E-state index in [2.05, 4.69) is 10.4 Å². The number of para-hydroxylation sites is 1. The summed E-state index contributed by atoms with van der Waals surface area (Å²) in [5.74, 6) is -0.606. The minimum atomic E-state index is -0.721. The van der Waals surface area contributed by atoms with Gasteiger partial charge in [-0.05, 0) is 47.9 Å². The van der Waals surface area contributed by atoms with Crippen molar-refractivity contribution in [3.63, 3.8) is 0 Å². The molecule has 2 aromatic carbocycles. The van der Waals surface area contributed by atoms with Crippen molar-refractivity contribution in [1.82, 2.24) is 20.0 Å². The fourth-order valence-electron chi connectivity index (χ4n) is 4.55. The largest absolute Gasteiger partial charge is 0.396 e. The maximum atomic E-state index is 13.5. The molecule has 1 aliphatic rings. The Labute approximate surface area is 204 Å². The Kier molecular flexibility index (Phi) is 7.21. The van der Waals surface area contributed by atoms with Crippen LogP contribution in [-0.2, 0) is 11.3 Å². The number of halogens is 1. The zero-order valence-corrected chi connectivity index (χ0v) is 20.5. The highest BCUT2D eigenvalue weighted by molar-refractivity contribution is 6.06. The van der Waals surface area contributed by atoms with Gasteiger partial charge in [0.25, 0.3) is 5.91 Å². The van der Waals surface area contributed by atoms with Crippen LogP contribution in [0.25, 0.3) is 10.9 Å². The summed E-state index contributed by atoms with van der Waals surface area (Å²) in [6, 6.07) is 12.9. The molecular weight excluding hydrogens is 447 g/mol. The molecule has 1 fully saturated rings. The van der Waals surface area contributed by atoms with Gasteiger partial charge in [-0.2, -0.15) is 5.10 Å². The monoisotopic (exact) mass is 480 g/mol. The van der Waals surface area contributed by atoms with Crippen LogP contribution in [-0.4, -0.2) is 57.3 Å². The lowest BCUT2D eigenvalue weighted by Crippen LogP contribution is -2.56. The number of hydrogen-bond donors (Lipinski definition) is 2. The number of amides is 2. The Bertz CT molecular complexity index is 1190. The van der Waals surface area contributed by atoms with Gasteiger partial charge in [0.2, 0.25) is 5.91 Å². The third-order valence-corrected chi connectivity index (χ3v) is 6.69. The van der Waals surface area contributed by atoms with E-state index in [-0.39, 0.29) is 29.9 Å². The van der Waals surface area contributed by atoms with Gasteiger partial charge in [-0.25, -0.2) is 4.39 Å². The van der Waals surface area contributed by atoms with E-state index in [9.17, 15) is 19.1 Å². The normalized spacial score (nSPS) is 15.9. The van der Waals surface area contributed by atoms with Crippen molar-refractivity contribution in [2.45, 2.75) is 46.2 Å². The van der Waals surface area contributed by atoms with Crippen LogP contribution in [0.3, 0.4) is 0 Å². The van der Waals surface area contributed by atoms with Crippen LogP contribution in [0.1, 0.15) is 49.7 Å². The average Bonchev–Trinajstić information content (AvgIpc) is 3.21. The number of aliphatic hydroxyl groups is 1. The van der Waals surface area contributed by atoms with E-state index in [0.29, 0.717) is 25.0 Å². The second-order valence-corrected chi connectivity index (χ2v) is 10.4. The summed E-state index contributed by atoms with van der Waals surface area (Å²) in [5, 5.41) is 17.7. The molecular formula is C27H33FN4O3. The number of aliphatic hydroxyl groups excluding tert-OH is 1. The molecule has 8 heteroatoms. The van der Waals surface area contributed by atoms with Crippen molar-refractivity contribution in [2.24, 2.45) is 11.3 Å².